The first-order chi connectivity index (χ1) is 10.1. The number of benzene rings is 1. The van der Waals surface area contributed by atoms with E-state index in [0.29, 0.717) is 30.7 Å². The third kappa shape index (κ3) is 2.91. The highest BCUT2D eigenvalue weighted by Crippen LogP contribution is 2.22. The van der Waals surface area contributed by atoms with Crippen molar-refractivity contribution in [2.75, 3.05) is 6.61 Å². The second-order valence-corrected chi connectivity index (χ2v) is 4.62. The van der Waals surface area contributed by atoms with Gasteiger partial charge in [0.15, 0.2) is 0 Å². The number of nitrogens with zero attached hydrogens (tertiary/aromatic N) is 2. The van der Waals surface area contributed by atoms with Gasteiger partial charge >= 0.3 is 5.97 Å². The summed E-state index contributed by atoms with van der Waals surface area (Å²) < 4.78 is 7.14. The fourth-order valence-corrected chi connectivity index (χ4v) is 2.39. The number of aromatic nitrogens is 2. The van der Waals surface area contributed by atoms with Crippen LogP contribution in [0.2, 0.25) is 0 Å². The predicted molar refractivity (Wildman–Crippen MR) is 80.4 cm³/mol. The van der Waals surface area contributed by atoms with Gasteiger partial charge in [-0.15, -0.1) is 0 Å². The topological polar surface area (TPSA) is 64.4 Å². The molecule has 21 heavy (non-hydrogen) atoms. The lowest BCUT2D eigenvalue weighted by Crippen LogP contribution is -2.06. The van der Waals surface area contributed by atoms with Crippen molar-refractivity contribution in [3.63, 3.8) is 0 Å². The molecule has 0 aliphatic rings. The van der Waals surface area contributed by atoms with Crippen molar-refractivity contribution in [2.45, 2.75) is 33.6 Å². The molecule has 2 rings (SSSR count). The van der Waals surface area contributed by atoms with Gasteiger partial charge in [0.25, 0.3) is 0 Å². The van der Waals surface area contributed by atoms with Crippen LogP contribution in [-0.4, -0.2) is 27.5 Å². The smallest absolute Gasteiger partial charge is 0.339 e. The summed E-state index contributed by atoms with van der Waals surface area (Å²) in [6.07, 6.45) is 1.21. The Bertz CT molecular complexity index is 630. The second-order valence-electron chi connectivity index (χ2n) is 4.62. The quantitative estimate of drug-likeness (QED) is 0.887. The predicted octanol–water partition coefficient (Wildman–Crippen LogP) is 3.09. The van der Waals surface area contributed by atoms with E-state index in [1.54, 1.807) is 4.68 Å². The lowest BCUT2D eigenvalue weighted by molar-refractivity contribution is 0.0694. The molecule has 112 valence electrons. The molecule has 1 aromatic heterocycles. The zero-order valence-corrected chi connectivity index (χ0v) is 12.6. The molecule has 0 saturated carbocycles. The van der Waals surface area contributed by atoms with Gasteiger partial charge in [-0.3, -0.25) is 0 Å². The third-order valence-corrected chi connectivity index (χ3v) is 3.33. The third-order valence-electron chi connectivity index (χ3n) is 3.33. The molecule has 0 fully saturated rings. The summed E-state index contributed by atoms with van der Waals surface area (Å²) >= 11 is 0. The van der Waals surface area contributed by atoms with Gasteiger partial charge in [-0.1, -0.05) is 13.8 Å². The van der Waals surface area contributed by atoms with Crippen LogP contribution in [0.1, 0.15) is 42.5 Å². The van der Waals surface area contributed by atoms with Crippen LogP contribution in [-0.2, 0) is 12.8 Å². The number of rotatable bonds is 6. The Balaban J connectivity index is 2.50. The van der Waals surface area contributed by atoms with Crippen LogP contribution in [0.15, 0.2) is 24.3 Å². The summed E-state index contributed by atoms with van der Waals surface area (Å²) in [6.45, 7) is 6.40. The van der Waals surface area contributed by atoms with E-state index >= 15 is 0 Å². The molecule has 0 saturated heterocycles. The summed E-state index contributed by atoms with van der Waals surface area (Å²) in [7, 11) is 0. The van der Waals surface area contributed by atoms with E-state index in [0.717, 1.165) is 17.1 Å². The van der Waals surface area contributed by atoms with Crippen molar-refractivity contribution in [1.29, 1.82) is 0 Å². The normalized spacial score (nSPS) is 10.6. The number of hydrogen-bond donors (Lipinski definition) is 1. The number of hydrogen-bond acceptors (Lipinski definition) is 3. The monoisotopic (exact) mass is 288 g/mol. The van der Waals surface area contributed by atoms with E-state index in [1.165, 1.54) is 0 Å². The minimum Gasteiger partial charge on any atom is -0.494 e. The maximum absolute atomic E-state index is 11.5. The van der Waals surface area contributed by atoms with Crippen molar-refractivity contribution in [3.8, 4) is 11.4 Å². The van der Waals surface area contributed by atoms with Crippen LogP contribution in [0.5, 0.6) is 5.75 Å². The largest absolute Gasteiger partial charge is 0.494 e. The first kappa shape index (κ1) is 15.1. The molecule has 0 bridgehead atoms. The fraction of sp³-hybridized carbons (Fsp3) is 0.375. The Labute approximate surface area is 124 Å². The maximum Gasteiger partial charge on any atom is 0.339 e. The minimum atomic E-state index is -0.916. The molecule has 0 aliphatic carbocycles. The van der Waals surface area contributed by atoms with E-state index in [1.807, 2.05) is 45.0 Å². The van der Waals surface area contributed by atoms with Crippen molar-refractivity contribution in [2.24, 2.45) is 0 Å². The van der Waals surface area contributed by atoms with Gasteiger partial charge in [0.1, 0.15) is 11.3 Å². The average molecular weight is 288 g/mol. The lowest BCUT2D eigenvalue weighted by Gasteiger charge is -2.08. The summed E-state index contributed by atoms with van der Waals surface area (Å²) in [4.78, 5) is 11.5. The number of carboxylic acid groups (broad SMARTS) is 1. The number of carboxylic acids is 1. The SMILES string of the molecule is CCOc1ccc(-n2nc(CC)c(C(=O)O)c2CC)cc1. The van der Waals surface area contributed by atoms with Crippen molar-refractivity contribution in [1.82, 2.24) is 9.78 Å². The zero-order valence-electron chi connectivity index (χ0n) is 12.6. The molecule has 1 N–H and O–H groups in total. The van der Waals surface area contributed by atoms with Gasteiger partial charge in [0, 0.05) is 0 Å². The van der Waals surface area contributed by atoms with E-state index in [2.05, 4.69) is 5.10 Å². The highest BCUT2D eigenvalue weighted by Gasteiger charge is 2.21. The van der Waals surface area contributed by atoms with Gasteiger partial charge in [-0.05, 0) is 44.0 Å². The highest BCUT2D eigenvalue weighted by molar-refractivity contribution is 5.90. The number of aryl methyl sites for hydroxylation is 1. The average Bonchev–Trinajstić information content (AvgIpc) is 2.87. The summed E-state index contributed by atoms with van der Waals surface area (Å²) in [5.74, 6) is -0.124. The van der Waals surface area contributed by atoms with E-state index in [-0.39, 0.29) is 0 Å². The number of carbonyl (C=O) groups is 1. The standard InChI is InChI=1S/C16H20N2O3/c1-4-13-15(16(19)20)14(5-2)18(17-13)11-7-9-12(10-8-11)21-6-3/h7-10H,4-6H2,1-3H3,(H,19,20). The van der Waals surface area contributed by atoms with Crippen LogP contribution in [0.25, 0.3) is 5.69 Å². The Morgan fingerprint density at radius 3 is 2.33 bits per heavy atom. The molecule has 5 nitrogen and oxygen atoms in total. The highest BCUT2D eigenvalue weighted by atomic mass is 16.5. The fourth-order valence-electron chi connectivity index (χ4n) is 2.39. The van der Waals surface area contributed by atoms with Crippen LogP contribution in [0, 0.1) is 0 Å². The van der Waals surface area contributed by atoms with Crippen LogP contribution < -0.4 is 4.74 Å². The molecule has 0 amide bonds. The van der Waals surface area contributed by atoms with E-state index < -0.39 is 5.97 Å². The molecular weight excluding hydrogens is 268 g/mol. The van der Waals surface area contributed by atoms with Crippen LogP contribution in [0.3, 0.4) is 0 Å². The molecule has 0 radical (unpaired) electrons. The molecule has 0 atom stereocenters. The lowest BCUT2D eigenvalue weighted by atomic mass is 10.1. The second kappa shape index (κ2) is 6.43. The zero-order chi connectivity index (χ0) is 15.4. The first-order valence-corrected chi connectivity index (χ1v) is 7.19. The molecule has 0 unspecified atom stereocenters. The number of ether oxygens (including phenoxy) is 1. The van der Waals surface area contributed by atoms with E-state index in [4.69, 9.17) is 4.74 Å². The Kier molecular flexibility index (Phi) is 4.62. The summed E-state index contributed by atoms with van der Waals surface area (Å²) in [5.41, 5.74) is 2.52. The maximum atomic E-state index is 11.5. The van der Waals surface area contributed by atoms with E-state index in [9.17, 15) is 9.90 Å². The van der Waals surface area contributed by atoms with Gasteiger partial charge in [-0.25, -0.2) is 9.48 Å². The molecule has 0 spiro atoms. The van der Waals surface area contributed by atoms with Gasteiger partial charge in [-0.2, -0.15) is 5.10 Å². The molecule has 5 heteroatoms. The first-order valence-electron chi connectivity index (χ1n) is 7.19. The Morgan fingerprint density at radius 1 is 1.19 bits per heavy atom. The number of aromatic carboxylic acids is 1. The van der Waals surface area contributed by atoms with Crippen LogP contribution >= 0.6 is 0 Å². The molecule has 1 aromatic carbocycles. The molecule has 2 aromatic rings. The Morgan fingerprint density at radius 2 is 1.86 bits per heavy atom. The molecule has 0 aliphatic heterocycles. The van der Waals surface area contributed by atoms with Gasteiger partial charge in [0.05, 0.1) is 23.7 Å². The minimum absolute atomic E-state index is 0.328. The van der Waals surface area contributed by atoms with Gasteiger partial charge < -0.3 is 9.84 Å². The van der Waals surface area contributed by atoms with Crippen molar-refractivity contribution < 1.29 is 14.6 Å². The van der Waals surface area contributed by atoms with Crippen LogP contribution in [0.4, 0.5) is 0 Å². The summed E-state index contributed by atoms with van der Waals surface area (Å²) in [6, 6.07) is 7.52. The van der Waals surface area contributed by atoms with Crippen molar-refractivity contribution in [3.05, 3.63) is 41.2 Å². The molecular formula is C16H20N2O3. The molecule has 1 heterocycles. The summed E-state index contributed by atoms with van der Waals surface area (Å²) in [5, 5.41) is 13.9. The Hall–Kier alpha value is -2.30. The van der Waals surface area contributed by atoms with Crippen molar-refractivity contribution >= 4 is 5.97 Å². The van der Waals surface area contributed by atoms with Gasteiger partial charge in [0.2, 0.25) is 0 Å².